The van der Waals surface area contributed by atoms with Gasteiger partial charge >= 0.3 is 0 Å². The number of carbonyl (C=O) groups excluding carboxylic acids is 2. The molecular weight excluding hydrogens is 407 g/mol. The summed E-state index contributed by atoms with van der Waals surface area (Å²) in [5, 5.41) is 3.70. The van der Waals surface area contributed by atoms with Crippen LogP contribution in [0.1, 0.15) is 48.4 Å². The summed E-state index contributed by atoms with van der Waals surface area (Å²) in [6.07, 6.45) is 4.18. The highest BCUT2D eigenvalue weighted by atomic mass is 35.5. The Morgan fingerprint density at radius 1 is 1.10 bits per heavy atom. The van der Waals surface area contributed by atoms with Crippen LogP contribution in [0.5, 0.6) is 0 Å². The molecule has 1 N–H and O–H groups in total. The maximum atomic E-state index is 13.3. The first-order valence-electron chi connectivity index (χ1n) is 9.95. The number of nitrogens with one attached hydrogen (secondary N) is 1. The van der Waals surface area contributed by atoms with E-state index >= 15 is 0 Å². The van der Waals surface area contributed by atoms with E-state index in [2.05, 4.69) is 5.32 Å². The van der Waals surface area contributed by atoms with E-state index in [1.54, 1.807) is 6.07 Å². The van der Waals surface area contributed by atoms with Crippen LogP contribution in [-0.4, -0.2) is 28.6 Å². The molecule has 2 aromatic rings. The van der Waals surface area contributed by atoms with Gasteiger partial charge in [-0.25, -0.2) is 0 Å². The summed E-state index contributed by atoms with van der Waals surface area (Å²) < 4.78 is 0. The minimum Gasteiger partial charge on any atom is -0.351 e. The Bertz CT molecular complexity index is 848. The number of rotatable bonds is 7. The van der Waals surface area contributed by atoms with Gasteiger partial charge in [-0.2, -0.15) is 0 Å². The average molecular weight is 433 g/mol. The third-order valence-electron chi connectivity index (χ3n) is 5.39. The Balaban J connectivity index is 1.96. The molecule has 0 heterocycles. The van der Waals surface area contributed by atoms with Crippen molar-refractivity contribution in [1.29, 1.82) is 0 Å². The second kappa shape index (κ2) is 10.1. The molecular formula is C23H26Cl2N2O2. The van der Waals surface area contributed by atoms with E-state index < -0.39 is 6.04 Å². The highest BCUT2D eigenvalue weighted by molar-refractivity contribution is 6.31. The summed E-state index contributed by atoms with van der Waals surface area (Å²) in [5.41, 5.74) is 2.63. The predicted molar refractivity (Wildman–Crippen MR) is 117 cm³/mol. The summed E-state index contributed by atoms with van der Waals surface area (Å²) in [6, 6.07) is 14.4. The molecule has 1 aliphatic carbocycles. The van der Waals surface area contributed by atoms with Gasteiger partial charge in [0.1, 0.15) is 11.9 Å². The fraction of sp³-hybridized carbons (Fsp3) is 0.391. The quantitative estimate of drug-likeness (QED) is 0.624. The zero-order valence-electron chi connectivity index (χ0n) is 16.5. The fourth-order valence-corrected chi connectivity index (χ4v) is 4.13. The van der Waals surface area contributed by atoms with Gasteiger partial charge in [0.2, 0.25) is 11.8 Å². The maximum Gasteiger partial charge on any atom is 0.247 e. The minimum atomic E-state index is -0.765. The van der Waals surface area contributed by atoms with Crippen LogP contribution in [-0.2, 0) is 16.1 Å². The SMILES string of the molecule is Cc1ccc([C@H](C(=O)NC2CCCC2)N(Cc2ccccc2Cl)C(=O)CCl)cc1. The third kappa shape index (κ3) is 5.52. The number of carbonyl (C=O) groups is 2. The molecule has 0 spiro atoms. The predicted octanol–water partition coefficient (Wildman–Crippen LogP) is 5.02. The second-order valence-corrected chi connectivity index (χ2v) is 8.22. The maximum absolute atomic E-state index is 13.3. The van der Waals surface area contributed by atoms with Gasteiger partial charge in [0, 0.05) is 17.6 Å². The number of benzene rings is 2. The lowest BCUT2D eigenvalue weighted by molar-refractivity contribution is -0.140. The lowest BCUT2D eigenvalue weighted by atomic mass is 10.0. The van der Waals surface area contributed by atoms with E-state index in [1.165, 1.54) is 4.90 Å². The molecule has 0 radical (unpaired) electrons. The Morgan fingerprint density at radius 2 is 1.76 bits per heavy atom. The second-order valence-electron chi connectivity index (χ2n) is 7.55. The molecule has 154 valence electrons. The van der Waals surface area contributed by atoms with Gasteiger partial charge in [0.15, 0.2) is 0 Å². The standard InChI is InChI=1S/C23H26Cl2N2O2/c1-16-10-12-17(13-11-16)22(23(29)26-19-7-3-4-8-19)27(21(28)14-24)15-18-6-2-5-9-20(18)25/h2,5-6,9-13,19,22H,3-4,7-8,14-15H2,1H3,(H,26,29)/t22-/m1/s1. The Hall–Kier alpha value is -2.04. The number of amides is 2. The van der Waals surface area contributed by atoms with Crippen molar-refractivity contribution in [3.05, 3.63) is 70.2 Å². The van der Waals surface area contributed by atoms with Crippen molar-refractivity contribution in [3.8, 4) is 0 Å². The molecule has 0 saturated heterocycles. The van der Waals surface area contributed by atoms with Crippen molar-refractivity contribution in [2.24, 2.45) is 0 Å². The first-order valence-corrected chi connectivity index (χ1v) is 10.9. The van der Waals surface area contributed by atoms with Gasteiger partial charge in [-0.15, -0.1) is 11.6 Å². The minimum absolute atomic E-state index is 0.156. The van der Waals surface area contributed by atoms with Gasteiger partial charge in [-0.1, -0.05) is 72.5 Å². The zero-order valence-corrected chi connectivity index (χ0v) is 18.0. The van der Waals surface area contributed by atoms with Crippen LogP contribution < -0.4 is 5.32 Å². The number of alkyl halides is 1. The van der Waals surface area contributed by atoms with E-state index in [1.807, 2.05) is 49.4 Å². The smallest absolute Gasteiger partial charge is 0.247 e. The van der Waals surface area contributed by atoms with Crippen LogP contribution in [0.25, 0.3) is 0 Å². The number of hydrogen-bond donors (Lipinski definition) is 1. The normalized spacial score (nSPS) is 15.1. The molecule has 1 saturated carbocycles. The van der Waals surface area contributed by atoms with Crippen molar-refractivity contribution < 1.29 is 9.59 Å². The molecule has 0 aliphatic heterocycles. The first-order chi connectivity index (χ1) is 14.0. The Kier molecular flexibility index (Phi) is 7.57. The molecule has 0 unspecified atom stereocenters. The van der Waals surface area contributed by atoms with Crippen LogP contribution in [0.4, 0.5) is 0 Å². The molecule has 0 aromatic heterocycles. The van der Waals surface area contributed by atoms with Crippen molar-refractivity contribution in [3.63, 3.8) is 0 Å². The number of nitrogens with zero attached hydrogens (tertiary/aromatic N) is 1. The topological polar surface area (TPSA) is 49.4 Å². The van der Waals surface area contributed by atoms with Gasteiger partial charge in [0.25, 0.3) is 0 Å². The van der Waals surface area contributed by atoms with Gasteiger partial charge < -0.3 is 10.2 Å². The molecule has 0 bridgehead atoms. The van der Waals surface area contributed by atoms with Crippen molar-refractivity contribution >= 4 is 35.0 Å². The van der Waals surface area contributed by atoms with E-state index in [-0.39, 0.29) is 30.3 Å². The van der Waals surface area contributed by atoms with Crippen LogP contribution in [0.15, 0.2) is 48.5 Å². The van der Waals surface area contributed by atoms with Gasteiger partial charge in [0.05, 0.1) is 0 Å². The van der Waals surface area contributed by atoms with Crippen molar-refractivity contribution in [2.75, 3.05) is 5.88 Å². The molecule has 1 atom stereocenters. The lowest BCUT2D eigenvalue weighted by Crippen LogP contribution is -2.46. The average Bonchev–Trinajstić information content (AvgIpc) is 3.22. The summed E-state index contributed by atoms with van der Waals surface area (Å²) in [4.78, 5) is 27.7. The summed E-state index contributed by atoms with van der Waals surface area (Å²) in [7, 11) is 0. The van der Waals surface area contributed by atoms with Crippen LogP contribution >= 0.6 is 23.2 Å². The van der Waals surface area contributed by atoms with Crippen molar-refractivity contribution in [1.82, 2.24) is 10.2 Å². The molecule has 4 nitrogen and oxygen atoms in total. The zero-order chi connectivity index (χ0) is 20.8. The number of hydrogen-bond acceptors (Lipinski definition) is 2. The highest BCUT2D eigenvalue weighted by Gasteiger charge is 2.33. The summed E-state index contributed by atoms with van der Waals surface area (Å²) in [6.45, 7) is 2.20. The summed E-state index contributed by atoms with van der Waals surface area (Å²) >= 11 is 12.3. The molecule has 1 aliphatic rings. The monoisotopic (exact) mass is 432 g/mol. The van der Waals surface area contributed by atoms with Gasteiger partial charge in [-0.05, 0) is 37.0 Å². The first kappa shape index (κ1) is 21.7. The van der Waals surface area contributed by atoms with E-state index in [9.17, 15) is 9.59 Å². The van der Waals surface area contributed by atoms with E-state index in [4.69, 9.17) is 23.2 Å². The molecule has 29 heavy (non-hydrogen) atoms. The van der Waals surface area contributed by atoms with Crippen LogP contribution in [0.3, 0.4) is 0 Å². The van der Waals surface area contributed by atoms with E-state index in [0.717, 1.165) is 42.4 Å². The molecule has 6 heteroatoms. The largest absolute Gasteiger partial charge is 0.351 e. The van der Waals surface area contributed by atoms with Crippen molar-refractivity contribution in [2.45, 2.75) is 51.2 Å². The van der Waals surface area contributed by atoms with Crippen LogP contribution in [0, 0.1) is 6.92 Å². The number of aryl methyl sites for hydroxylation is 1. The van der Waals surface area contributed by atoms with E-state index in [0.29, 0.717) is 5.02 Å². The Morgan fingerprint density at radius 3 is 2.38 bits per heavy atom. The third-order valence-corrected chi connectivity index (χ3v) is 5.99. The molecule has 2 aromatic carbocycles. The summed E-state index contributed by atoms with van der Waals surface area (Å²) in [5.74, 6) is -0.686. The number of halogens is 2. The molecule has 2 amide bonds. The fourth-order valence-electron chi connectivity index (χ4n) is 3.78. The van der Waals surface area contributed by atoms with Crippen LogP contribution in [0.2, 0.25) is 5.02 Å². The lowest BCUT2D eigenvalue weighted by Gasteiger charge is -2.32. The highest BCUT2D eigenvalue weighted by Crippen LogP contribution is 2.28. The Labute approximate surface area is 182 Å². The van der Waals surface area contributed by atoms with Gasteiger partial charge in [-0.3, -0.25) is 9.59 Å². The molecule has 3 rings (SSSR count). The molecule has 1 fully saturated rings.